The van der Waals surface area contributed by atoms with Gasteiger partial charge < -0.3 is 9.72 Å². The van der Waals surface area contributed by atoms with Crippen molar-refractivity contribution >= 4 is 0 Å². The second-order valence-electron chi connectivity index (χ2n) is 3.28. The highest BCUT2D eigenvalue weighted by atomic mass is 19.1. The minimum absolute atomic E-state index is 0.243. The van der Waals surface area contributed by atoms with Crippen molar-refractivity contribution in [3.05, 3.63) is 64.3 Å². The fourth-order valence-corrected chi connectivity index (χ4v) is 1.26. The zero-order valence-corrected chi connectivity index (χ0v) is 8.44. The van der Waals surface area contributed by atoms with Gasteiger partial charge in [-0.15, -0.1) is 0 Å². The molecule has 1 heterocycles. The molecule has 0 bridgehead atoms. The van der Waals surface area contributed by atoms with E-state index in [4.69, 9.17) is 4.74 Å². The first kappa shape index (κ1) is 10.4. The lowest BCUT2D eigenvalue weighted by Crippen LogP contribution is -2.09. The van der Waals surface area contributed by atoms with E-state index in [0.717, 1.165) is 5.56 Å². The van der Waals surface area contributed by atoms with E-state index in [-0.39, 0.29) is 23.7 Å². The first-order valence-corrected chi connectivity index (χ1v) is 4.80. The number of hydrogen-bond acceptors (Lipinski definition) is 2. The van der Waals surface area contributed by atoms with Crippen molar-refractivity contribution in [2.75, 3.05) is 0 Å². The Morgan fingerprint density at radius 2 is 1.94 bits per heavy atom. The van der Waals surface area contributed by atoms with Gasteiger partial charge in [-0.1, -0.05) is 12.1 Å². The molecule has 0 amide bonds. The summed E-state index contributed by atoms with van der Waals surface area (Å²) in [5.74, 6) is -0.0341. The number of benzene rings is 1. The Bertz CT molecular complexity index is 519. The van der Waals surface area contributed by atoms with Crippen LogP contribution in [0.3, 0.4) is 0 Å². The van der Waals surface area contributed by atoms with Gasteiger partial charge in [-0.25, -0.2) is 4.39 Å². The zero-order valence-electron chi connectivity index (χ0n) is 8.44. The maximum atomic E-state index is 12.6. The van der Waals surface area contributed by atoms with Crippen LogP contribution in [0.4, 0.5) is 4.39 Å². The summed E-state index contributed by atoms with van der Waals surface area (Å²) in [5.41, 5.74) is 0.536. The molecule has 0 spiro atoms. The summed E-state index contributed by atoms with van der Waals surface area (Å²) < 4.78 is 17.9. The van der Waals surface area contributed by atoms with Crippen molar-refractivity contribution < 1.29 is 9.13 Å². The van der Waals surface area contributed by atoms with Crippen molar-refractivity contribution in [2.45, 2.75) is 6.61 Å². The molecule has 0 fully saturated rings. The lowest BCUT2D eigenvalue weighted by molar-refractivity contribution is 0.301. The van der Waals surface area contributed by atoms with Gasteiger partial charge >= 0.3 is 0 Å². The average molecular weight is 219 g/mol. The average Bonchev–Trinajstić information content (AvgIpc) is 2.30. The summed E-state index contributed by atoms with van der Waals surface area (Å²) in [7, 11) is 0. The normalized spacial score (nSPS) is 10.1. The molecular formula is C12H10FNO2. The third-order valence-corrected chi connectivity index (χ3v) is 2.09. The van der Waals surface area contributed by atoms with E-state index in [0.29, 0.717) is 0 Å². The fourth-order valence-electron chi connectivity index (χ4n) is 1.26. The van der Waals surface area contributed by atoms with Crippen molar-refractivity contribution in [1.29, 1.82) is 0 Å². The molecule has 2 aromatic rings. The smallest absolute Gasteiger partial charge is 0.290 e. The van der Waals surface area contributed by atoms with Gasteiger partial charge in [0.05, 0.1) is 0 Å². The molecule has 0 unspecified atom stereocenters. The highest BCUT2D eigenvalue weighted by molar-refractivity contribution is 5.19. The zero-order chi connectivity index (χ0) is 11.4. The molecule has 1 N–H and O–H groups in total. The summed E-state index contributed by atoms with van der Waals surface area (Å²) in [6, 6.07) is 9.21. The maximum absolute atomic E-state index is 12.6. The van der Waals surface area contributed by atoms with Crippen molar-refractivity contribution in [3.63, 3.8) is 0 Å². The molecule has 3 nitrogen and oxygen atoms in total. The van der Waals surface area contributed by atoms with Crippen LogP contribution in [0.2, 0.25) is 0 Å². The molecule has 82 valence electrons. The van der Waals surface area contributed by atoms with Crippen molar-refractivity contribution in [3.8, 4) is 5.75 Å². The Morgan fingerprint density at radius 1 is 1.19 bits per heavy atom. The van der Waals surface area contributed by atoms with E-state index in [1.165, 1.54) is 18.3 Å². The number of H-pyrrole nitrogens is 1. The quantitative estimate of drug-likeness (QED) is 0.858. The number of aromatic amines is 1. The van der Waals surface area contributed by atoms with Gasteiger partial charge in [-0.2, -0.15) is 0 Å². The number of aromatic nitrogens is 1. The molecular weight excluding hydrogens is 209 g/mol. The van der Waals surface area contributed by atoms with Gasteiger partial charge in [0.1, 0.15) is 12.4 Å². The molecule has 0 aliphatic carbocycles. The minimum Gasteiger partial charge on any atom is -0.483 e. The number of nitrogens with one attached hydrogen (secondary N) is 1. The molecule has 1 aromatic carbocycles. The van der Waals surface area contributed by atoms with Crippen LogP contribution in [0.5, 0.6) is 5.75 Å². The summed E-state index contributed by atoms with van der Waals surface area (Å²) in [5, 5.41) is 0. The highest BCUT2D eigenvalue weighted by Gasteiger charge is 1.99. The standard InChI is InChI=1S/C12H10FNO2/c13-10-5-3-9(4-6-10)8-16-11-2-1-7-14-12(11)15/h1-7H,8H2,(H,14,15). The lowest BCUT2D eigenvalue weighted by atomic mass is 10.2. The van der Waals surface area contributed by atoms with Crippen LogP contribution in [0, 0.1) is 5.82 Å². The largest absolute Gasteiger partial charge is 0.483 e. The Labute approximate surface area is 91.5 Å². The van der Waals surface area contributed by atoms with Crippen LogP contribution in [0.15, 0.2) is 47.4 Å². The Morgan fingerprint density at radius 3 is 2.62 bits per heavy atom. The molecule has 1 aromatic heterocycles. The van der Waals surface area contributed by atoms with E-state index in [9.17, 15) is 9.18 Å². The van der Waals surface area contributed by atoms with Gasteiger partial charge in [0, 0.05) is 6.20 Å². The number of pyridine rings is 1. The Balaban J connectivity index is 2.05. The van der Waals surface area contributed by atoms with Crippen LogP contribution < -0.4 is 10.3 Å². The molecule has 0 aliphatic rings. The molecule has 16 heavy (non-hydrogen) atoms. The second kappa shape index (κ2) is 4.61. The van der Waals surface area contributed by atoms with E-state index in [1.807, 2.05) is 0 Å². The maximum Gasteiger partial charge on any atom is 0.290 e. The van der Waals surface area contributed by atoms with Crippen LogP contribution >= 0.6 is 0 Å². The van der Waals surface area contributed by atoms with Crippen LogP contribution in [0.1, 0.15) is 5.56 Å². The monoisotopic (exact) mass is 219 g/mol. The third kappa shape index (κ3) is 2.48. The van der Waals surface area contributed by atoms with E-state index < -0.39 is 0 Å². The molecule has 0 saturated carbocycles. The minimum atomic E-state index is -0.290. The topological polar surface area (TPSA) is 42.1 Å². The second-order valence-corrected chi connectivity index (χ2v) is 3.28. The molecule has 0 saturated heterocycles. The molecule has 2 rings (SSSR count). The highest BCUT2D eigenvalue weighted by Crippen LogP contribution is 2.07. The predicted molar refractivity (Wildman–Crippen MR) is 57.8 cm³/mol. The number of halogens is 1. The Kier molecular flexibility index (Phi) is 3.00. The number of ether oxygens (including phenoxy) is 1. The Hall–Kier alpha value is -2.10. The van der Waals surface area contributed by atoms with Gasteiger partial charge in [-0.3, -0.25) is 4.79 Å². The number of hydrogen-bond donors (Lipinski definition) is 1. The van der Waals surface area contributed by atoms with Crippen molar-refractivity contribution in [2.24, 2.45) is 0 Å². The van der Waals surface area contributed by atoms with Gasteiger partial charge in [0.25, 0.3) is 5.56 Å². The fraction of sp³-hybridized carbons (Fsp3) is 0.0833. The summed E-state index contributed by atoms with van der Waals surface area (Å²) in [6.07, 6.45) is 1.53. The first-order valence-electron chi connectivity index (χ1n) is 4.80. The van der Waals surface area contributed by atoms with Gasteiger partial charge in [0.2, 0.25) is 0 Å². The SMILES string of the molecule is O=c1[nH]cccc1OCc1ccc(F)cc1. The van der Waals surface area contributed by atoms with E-state index in [1.54, 1.807) is 24.3 Å². The summed E-state index contributed by atoms with van der Waals surface area (Å²) >= 11 is 0. The molecule has 0 radical (unpaired) electrons. The predicted octanol–water partition coefficient (Wildman–Crippen LogP) is 2.09. The molecule has 0 atom stereocenters. The first-order chi connectivity index (χ1) is 7.75. The third-order valence-electron chi connectivity index (χ3n) is 2.09. The molecule has 4 heteroatoms. The van der Waals surface area contributed by atoms with Gasteiger partial charge in [-0.05, 0) is 29.8 Å². The summed E-state index contributed by atoms with van der Waals surface area (Å²) in [4.78, 5) is 13.8. The van der Waals surface area contributed by atoms with Crippen molar-refractivity contribution in [1.82, 2.24) is 4.98 Å². The van der Waals surface area contributed by atoms with Crippen LogP contribution in [-0.4, -0.2) is 4.98 Å². The van der Waals surface area contributed by atoms with Crippen LogP contribution in [-0.2, 0) is 6.61 Å². The van der Waals surface area contributed by atoms with Crippen LogP contribution in [0.25, 0.3) is 0 Å². The number of rotatable bonds is 3. The molecule has 0 aliphatic heterocycles. The van der Waals surface area contributed by atoms with E-state index in [2.05, 4.69) is 4.98 Å². The van der Waals surface area contributed by atoms with Gasteiger partial charge in [0.15, 0.2) is 5.75 Å². The summed E-state index contributed by atoms with van der Waals surface area (Å²) in [6.45, 7) is 0.243. The lowest BCUT2D eigenvalue weighted by Gasteiger charge is -2.04. The van der Waals surface area contributed by atoms with E-state index >= 15 is 0 Å².